The van der Waals surface area contributed by atoms with E-state index in [9.17, 15) is 19.2 Å². The van der Waals surface area contributed by atoms with Crippen LogP contribution in [0.15, 0.2) is 103 Å². The van der Waals surface area contributed by atoms with E-state index in [2.05, 4.69) is 65.0 Å². The Morgan fingerprint density at radius 2 is 0.857 bits per heavy atom. The topological polar surface area (TPSA) is 74.8 Å². The van der Waals surface area contributed by atoms with Crippen LogP contribution in [0.25, 0.3) is 65.0 Å². The number of para-hydroxylation sites is 1. The maximum absolute atomic E-state index is 14.7. The van der Waals surface area contributed by atoms with Crippen LogP contribution in [0.2, 0.25) is 0 Å². The minimum Gasteiger partial charge on any atom is -0.274 e. The minimum absolute atomic E-state index is 0.114. The van der Waals surface area contributed by atoms with Gasteiger partial charge in [-0.05, 0) is 108 Å². The Labute approximate surface area is 324 Å². The Morgan fingerprint density at radius 1 is 0.429 bits per heavy atom. The van der Waals surface area contributed by atoms with E-state index >= 15 is 0 Å². The third kappa shape index (κ3) is 4.50. The van der Waals surface area contributed by atoms with Gasteiger partial charge in [-0.1, -0.05) is 120 Å². The molecular weight excluding hydrogens is 693 g/mol. The quantitative estimate of drug-likeness (QED) is 0.0929. The highest BCUT2D eigenvalue weighted by Crippen LogP contribution is 2.48. The van der Waals surface area contributed by atoms with Crippen molar-refractivity contribution in [1.29, 1.82) is 0 Å². The van der Waals surface area contributed by atoms with Crippen LogP contribution in [0.4, 0.5) is 5.69 Å². The summed E-state index contributed by atoms with van der Waals surface area (Å²) >= 11 is 0. The normalized spacial score (nSPS) is 14.4. The number of hydrogen-bond donors (Lipinski definition) is 0. The van der Waals surface area contributed by atoms with Gasteiger partial charge < -0.3 is 0 Å². The summed E-state index contributed by atoms with van der Waals surface area (Å²) in [5.41, 5.74) is 6.79. The summed E-state index contributed by atoms with van der Waals surface area (Å²) in [6.07, 6.45) is 1.65. The zero-order valence-corrected chi connectivity index (χ0v) is 32.1. The molecule has 56 heavy (non-hydrogen) atoms. The predicted octanol–water partition coefficient (Wildman–Crippen LogP) is 12.0. The van der Waals surface area contributed by atoms with E-state index in [0.717, 1.165) is 78.2 Å². The van der Waals surface area contributed by atoms with Gasteiger partial charge in [0.1, 0.15) is 0 Å². The zero-order valence-electron chi connectivity index (χ0n) is 32.1. The van der Waals surface area contributed by atoms with E-state index < -0.39 is 0 Å². The molecule has 0 radical (unpaired) electrons. The van der Waals surface area contributed by atoms with Gasteiger partial charge in [0.15, 0.2) is 0 Å². The predicted molar refractivity (Wildman–Crippen MR) is 227 cm³/mol. The molecule has 0 saturated carbocycles. The molecule has 8 aromatic rings. The fourth-order valence-electron chi connectivity index (χ4n) is 9.60. The molecule has 0 aromatic heterocycles. The average Bonchev–Trinajstić information content (AvgIpc) is 3.20. The lowest BCUT2D eigenvalue weighted by Crippen LogP contribution is -2.41. The van der Waals surface area contributed by atoms with E-state index in [1.165, 1.54) is 9.80 Å². The molecule has 274 valence electrons. The summed E-state index contributed by atoms with van der Waals surface area (Å²) in [5.74, 6) is -0.844. The zero-order chi connectivity index (χ0) is 38.7. The smallest absolute Gasteiger partial charge is 0.266 e. The van der Waals surface area contributed by atoms with Gasteiger partial charge in [-0.15, -0.1) is 0 Å². The first-order valence-electron chi connectivity index (χ1n) is 19.7. The Balaban J connectivity index is 1.18. The molecule has 6 nitrogen and oxygen atoms in total. The van der Waals surface area contributed by atoms with E-state index in [1.54, 1.807) is 0 Å². The van der Waals surface area contributed by atoms with Crippen LogP contribution in [0.3, 0.4) is 0 Å². The number of amides is 4. The first-order valence-corrected chi connectivity index (χ1v) is 19.7. The van der Waals surface area contributed by atoms with Crippen molar-refractivity contribution in [3.8, 4) is 11.1 Å². The monoisotopic (exact) mass is 732 g/mol. The molecular formula is C50H40N2O4. The molecule has 2 aliphatic heterocycles. The molecule has 6 heteroatoms. The Morgan fingerprint density at radius 3 is 1.45 bits per heavy atom. The van der Waals surface area contributed by atoms with Crippen molar-refractivity contribution in [3.63, 3.8) is 0 Å². The molecule has 8 aromatic carbocycles. The Hall–Kier alpha value is -6.40. The number of nitrogens with zero attached hydrogens (tertiary/aromatic N) is 2. The molecule has 2 aliphatic rings. The number of rotatable bonds is 7. The first-order chi connectivity index (χ1) is 27.1. The van der Waals surface area contributed by atoms with Crippen molar-refractivity contribution in [2.75, 3.05) is 11.4 Å². The highest BCUT2D eigenvalue weighted by atomic mass is 16.2. The fraction of sp³-hybridized carbons (Fsp3) is 0.200. The molecule has 2 heterocycles. The van der Waals surface area contributed by atoms with Gasteiger partial charge in [0.25, 0.3) is 23.6 Å². The van der Waals surface area contributed by atoms with Crippen LogP contribution in [0.1, 0.15) is 112 Å². The maximum Gasteiger partial charge on any atom is 0.266 e. The lowest BCUT2D eigenvalue weighted by atomic mass is 9.82. The SMILES string of the molecule is CCCCN1C(=O)c2cccc3c(-c4ccc5c6ccc7c8c(ccc(c9cccc4c95)c86)C(=O)N(c4c(C(C)C)cccc4C(C)C)C7=O)ccc(c23)C1=O. The molecule has 0 aliphatic carbocycles. The van der Waals surface area contributed by atoms with Crippen LogP contribution in [-0.2, 0) is 0 Å². The van der Waals surface area contributed by atoms with Crippen molar-refractivity contribution in [2.45, 2.75) is 59.3 Å². The number of imide groups is 2. The number of benzene rings is 8. The highest BCUT2D eigenvalue weighted by molar-refractivity contribution is 6.43. The van der Waals surface area contributed by atoms with Gasteiger partial charge >= 0.3 is 0 Å². The van der Waals surface area contributed by atoms with Gasteiger partial charge in [-0.25, -0.2) is 4.90 Å². The number of anilines is 1. The fourth-order valence-corrected chi connectivity index (χ4v) is 9.60. The Bertz CT molecular complexity index is 2940. The van der Waals surface area contributed by atoms with Crippen LogP contribution in [-0.4, -0.2) is 35.1 Å². The summed E-state index contributed by atoms with van der Waals surface area (Å²) < 4.78 is 0. The molecule has 4 amide bonds. The lowest BCUT2D eigenvalue weighted by molar-refractivity contribution is 0.0607. The third-order valence-corrected chi connectivity index (χ3v) is 12.2. The van der Waals surface area contributed by atoms with E-state index in [4.69, 9.17) is 0 Å². The summed E-state index contributed by atoms with van der Waals surface area (Å²) in [4.78, 5) is 59.5. The largest absolute Gasteiger partial charge is 0.274 e. The van der Waals surface area contributed by atoms with Crippen molar-refractivity contribution in [2.24, 2.45) is 0 Å². The highest BCUT2D eigenvalue weighted by Gasteiger charge is 2.38. The second kappa shape index (κ2) is 12.3. The Kier molecular flexibility index (Phi) is 7.50. The second-order valence-electron chi connectivity index (χ2n) is 16.0. The number of hydrogen-bond acceptors (Lipinski definition) is 4. The lowest BCUT2D eigenvalue weighted by Gasteiger charge is -2.32. The molecule has 0 unspecified atom stereocenters. The van der Waals surface area contributed by atoms with Crippen molar-refractivity contribution >= 4 is 83.2 Å². The molecule has 0 bridgehead atoms. The number of carbonyl (C=O) groups excluding carboxylic acids is 4. The molecule has 0 N–H and O–H groups in total. The summed E-state index contributed by atoms with van der Waals surface area (Å²) in [5, 5.41) is 9.36. The van der Waals surface area contributed by atoms with Gasteiger partial charge in [0.05, 0.1) is 5.69 Å². The van der Waals surface area contributed by atoms with E-state index in [1.807, 2.05) is 72.8 Å². The number of unbranched alkanes of at least 4 members (excludes halogenated alkanes) is 1. The summed E-state index contributed by atoms with van der Waals surface area (Å²) in [6.45, 7) is 10.8. The van der Waals surface area contributed by atoms with Crippen LogP contribution < -0.4 is 4.90 Å². The minimum atomic E-state index is -0.297. The first kappa shape index (κ1) is 34.1. The van der Waals surface area contributed by atoms with Gasteiger partial charge in [-0.3, -0.25) is 24.1 Å². The van der Waals surface area contributed by atoms with Gasteiger partial charge in [-0.2, -0.15) is 0 Å². The molecule has 10 rings (SSSR count). The van der Waals surface area contributed by atoms with Crippen LogP contribution in [0, 0.1) is 0 Å². The van der Waals surface area contributed by atoms with Crippen LogP contribution in [0.5, 0.6) is 0 Å². The molecule has 0 fully saturated rings. The van der Waals surface area contributed by atoms with Crippen molar-refractivity contribution in [1.82, 2.24) is 4.90 Å². The van der Waals surface area contributed by atoms with Gasteiger partial charge in [0.2, 0.25) is 0 Å². The second-order valence-corrected chi connectivity index (χ2v) is 16.0. The number of carbonyl (C=O) groups is 4. The molecule has 0 spiro atoms. The maximum atomic E-state index is 14.7. The summed E-state index contributed by atoms with van der Waals surface area (Å²) in [7, 11) is 0. The van der Waals surface area contributed by atoms with E-state index in [0.29, 0.717) is 45.3 Å². The number of fused-ring (bicyclic) bond motifs is 2. The van der Waals surface area contributed by atoms with Gasteiger partial charge in [0, 0.05) is 39.6 Å². The molecule has 0 saturated heterocycles. The van der Waals surface area contributed by atoms with Crippen LogP contribution >= 0.6 is 0 Å². The molecule has 0 atom stereocenters. The van der Waals surface area contributed by atoms with Crippen molar-refractivity contribution in [3.05, 3.63) is 137 Å². The third-order valence-electron chi connectivity index (χ3n) is 12.2. The van der Waals surface area contributed by atoms with Crippen molar-refractivity contribution < 1.29 is 19.2 Å². The van der Waals surface area contributed by atoms with E-state index in [-0.39, 0.29) is 35.5 Å². The standard InChI is InChI=1S/C50H40N2O4/c1-6-7-25-51-47(53)38-16-10-14-33-31(18-22-39(43(33)38)48(51)54)30-17-19-35-37-21-24-41-45-40(23-20-36(44(37)45)34-15-9-13-32(30)42(34)35)49(55)52(50(41)56)46-28(26(2)3)11-8-12-29(46)27(4)5/h8-24,26-27H,6-7,25H2,1-5H3. The average molecular weight is 733 g/mol. The summed E-state index contributed by atoms with van der Waals surface area (Å²) in [6, 6.07) is 34.2.